The van der Waals surface area contributed by atoms with E-state index in [9.17, 15) is 0 Å². The molecule has 2 N–H and O–H groups in total. The fourth-order valence-corrected chi connectivity index (χ4v) is 2.04. The molecule has 3 heteroatoms. The molecule has 0 saturated carbocycles. The number of ether oxygens (including phenoxy) is 1. The molecule has 2 aromatic rings. The number of rotatable bonds is 5. The summed E-state index contributed by atoms with van der Waals surface area (Å²) < 4.78 is 5.16. The number of likely N-dealkylation sites (N-methyl/N-ethyl adjacent to an activating group) is 1. The maximum Gasteiger partial charge on any atom is 0.119 e. The average molecular weight is 256 g/mol. The quantitative estimate of drug-likeness (QED) is 0.894. The van der Waals surface area contributed by atoms with Gasteiger partial charge in [0.15, 0.2) is 0 Å². The molecular formula is C16H20N2O. The zero-order chi connectivity index (χ0) is 13.7. The van der Waals surface area contributed by atoms with E-state index in [1.807, 2.05) is 49.5 Å². The first kappa shape index (κ1) is 13.4. The van der Waals surface area contributed by atoms with Crippen LogP contribution in [-0.2, 0) is 0 Å². The van der Waals surface area contributed by atoms with Crippen molar-refractivity contribution in [1.29, 1.82) is 0 Å². The lowest BCUT2D eigenvalue weighted by atomic mass is 10.1. The highest BCUT2D eigenvalue weighted by Gasteiger charge is 2.09. The Morgan fingerprint density at radius 1 is 1.05 bits per heavy atom. The van der Waals surface area contributed by atoms with E-state index in [0.717, 1.165) is 23.5 Å². The fourth-order valence-electron chi connectivity index (χ4n) is 2.04. The van der Waals surface area contributed by atoms with Crippen LogP contribution in [0, 0.1) is 0 Å². The van der Waals surface area contributed by atoms with Crippen LogP contribution < -0.4 is 15.4 Å². The van der Waals surface area contributed by atoms with Crippen LogP contribution in [0.3, 0.4) is 0 Å². The SMILES string of the molecule is COc1ccc(N(C)CC(N)c2ccccc2)cc1. The van der Waals surface area contributed by atoms with Gasteiger partial charge in [0.1, 0.15) is 5.75 Å². The van der Waals surface area contributed by atoms with E-state index in [1.54, 1.807) is 7.11 Å². The molecule has 0 bridgehead atoms. The topological polar surface area (TPSA) is 38.5 Å². The number of hydrogen-bond acceptors (Lipinski definition) is 3. The van der Waals surface area contributed by atoms with Crippen molar-refractivity contribution < 1.29 is 4.74 Å². The molecule has 2 rings (SSSR count). The number of nitrogens with zero attached hydrogens (tertiary/aromatic N) is 1. The molecule has 0 aromatic heterocycles. The van der Waals surface area contributed by atoms with Crippen LogP contribution in [0.2, 0.25) is 0 Å². The number of nitrogens with two attached hydrogens (primary N) is 1. The Labute approximate surface area is 114 Å². The number of methoxy groups -OCH3 is 1. The monoisotopic (exact) mass is 256 g/mol. The van der Waals surface area contributed by atoms with Gasteiger partial charge in [-0.3, -0.25) is 0 Å². The zero-order valence-corrected chi connectivity index (χ0v) is 11.4. The van der Waals surface area contributed by atoms with Crippen molar-refractivity contribution in [3.8, 4) is 5.75 Å². The fraction of sp³-hybridized carbons (Fsp3) is 0.250. The van der Waals surface area contributed by atoms with Gasteiger partial charge in [0.2, 0.25) is 0 Å². The second kappa shape index (κ2) is 6.25. The molecule has 0 amide bonds. The Hall–Kier alpha value is -2.00. The van der Waals surface area contributed by atoms with Crippen molar-refractivity contribution in [3.63, 3.8) is 0 Å². The maximum atomic E-state index is 6.22. The van der Waals surface area contributed by atoms with Crippen molar-refractivity contribution in [3.05, 3.63) is 60.2 Å². The summed E-state index contributed by atoms with van der Waals surface area (Å²) in [7, 11) is 3.72. The number of benzene rings is 2. The Kier molecular flexibility index (Phi) is 4.42. The van der Waals surface area contributed by atoms with E-state index < -0.39 is 0 Å². The highest BCUT2D eigenvalue weighted by molar-refractivity contribution is 5.48. The summed E-state index contributed by atoms with van der Waals surface area (Å²) in [5.41, 5.74) is 8.51. The van der Waals surface area contributed by atoms with Crippen LogP contribution in [0.1, 0.15) is 11.6 Å². The van der Waals surface area contributed by atoms with Gasteiger partial charge in [-0.15, -0.1) is 0 Å². The highest BCUT2D eigenvalue weighted by Crippen LogP contribution is 2.20. The molecule has 0 fully saturated rings. The van der Waals surface area contributed by atoms with Crippen LogP contribution in [0.4, 0.5) is 5.69 Å². The molecule has 0 aliphatic carbocycles. The zero-order valence-electron chi connectivity index (χ0n) is 11.4. The van der Waals surface area contributed by atoms with Gasteiger partial charge in [-0.2, -0.15) is 0 Å². The van der Waals surface area contributed by atoms with Gasteiger partial charge < -0.3 is 15.4 Å². The molecule has 19 heavy (non-hydrogen) atoms. The van der Waals surface area contributed by atoms with Crippen molar-refractivity contribution in [2.75, 3.05) is 25.6 Å². The highest BCUT2D eigenvalue weighted by atomic mass is 16.5. The summed E-state index contributed by atoms with van der Waals surface area (Å²) in [4.78, 5) is 2.15. The van der Waals surface area contributed by atoms with Gasteiger partial charge in [0.25, 0.3) is 0 Å². The molecule has 0 saturated heterocycles. The van der Waals surface area contributed by atoms with E-state index in [0.29, 0.717) is 0 Å². The first-order valence-corrected chi connectivity index (χ1v) is 6.36. The van der Waals surface area contributed by atoms with Crippen LogP contribution in [0.15, 0.2) is 54.6 Å². The van der Waals surface area contributed by atoms with E-state index >= 15 is 0 Å². The van der Waals surface area contributed by atoms with Gasteiger partial charge in [-0.1, -0.05) is 30.3 Å². The predicted octanol–water partition coefficient (Wildman–Crippen LogP) is 2.83. The second-order valence-electron chi connectivity index (χ2n) is 4.60. The van der Waals surface area contributed by atoms with Gasteiger partial charge in [0.05, 0.1) is 7.11 Å². The minimum atomic E-state index is 0.00769. The summed E-state index contributed by atoms with van der Waals surface area (Å²) in [6, 6.07) is 18.2. The minimum Gasteiger partial charge on any atom is -0.497 e. The summed E-state index contributed by atoms with van der Waals surface area (Å²) >= 11 is 0. The van der Waals surface area contributed by atoms with Crippen molar-refractivity contribution in [2.45, 2.75) is 6.04 Å². The first-order valence-electron chi connectivity index (χ1n) is 6.36. The molecule has 1 atom stereocenters. The standard InChI is InChI=1S/C16H20N2O/c1-18(14-8-10-15(19-2)11-9-14)12-16(17)13-6-4-3-5-7-13/h3-11,16H,12,17H2,1-2H3. The third kappa shape index (κ3) is 3.48. The van der Waals surface area contributed by atoms with Gasteiger partial charge >= 0.3 is 0 Å². The Morgan fingerprint density at radius 2 is 1.68 bits per heavy atom. The van der Waals surface area contributed by atoms with Crippen molar-refractivity contribution >= 4 is 5.69 Å². The molecule has 0 aliphatic heterocycles. The lowest BCUT2D eigenvalue weighted by Gasteiger charge is -2.23. The van der Waals surface area contributed by atoms with E-state index in [4.69, 9.17) is 10.5 Å². The Bertz CT molecular complexity index is 496. The molecule has 3 nitrogen and oxygen atoms in total. The van der Waals surface area contributed by atoms with E-state index in [1.165, 1.54) is 0 Å². The van der Waals surface area contributed by atoms with Crippen LogP contribution in [-0.4, -0.2) is 20.7 Å². The lowest BCUT2D eigenvalue weighted by Crippen LogP contribution is -2.28. The van der Waals surface area contributed by atoms with Crippen LogP contribution >= 0.6 is 0 Å². The summed E-state index contributed by atoms with van der Waals surface area (Å²) in [6.45, 7) is 0.774. The molecule has 0 heterocycles. The lowest BCUT2D eigenvalue weighted by molar-refractivity contribution is 0.415. The summed E-state index contributed by atoms with van der Waals surface area (Å²) in [5, 5.41) is 0. The number of hydrogen-bond donors (Lipinski definition) is 1. The van der Waals surface area contributed by atoms with Crippen molar-refractivity contribution in [2.24, 2.45) is 5.73 Å². The molecule has 2 aromatic carbocycles. The largest absolute Gasteiger partial charge is 0.497 e. The normalized spacial score (nSPS) is 11.9. The Morgan fingerprint density at radius 3 is 2.26 bits per heavy atom. The van der Waals surface area contributed by atoms with Gasteiger partial charge in [-0.25, -0.2) is 0 Å². The molecule has 0 spiro atoms. The maximum absolute atomic E-state index is 6.22. The third-order valence-electron chi connectivity index (χ3n) is 3.21. The molecule has 0 radical (unpaired) electrons. The predicted molar refractivity (Wildman–Crippen MR) is 79.6 cm³/mol. The summed E-state index contributed by atoms with van der Waals surface area (Å²) in [5.74, 6) is 0.865. The average Bonchev–Trinajstić information content (AvgIpc) is 2.48. The molecule has 100 valence electrons. The van der Waals surface area contributed by atoms with E-state index in [2.05, 4.69) is 17.0 Å². The number of anilines is 1. The minimum absolute atomic E-state index is 0.00769. The molecule has 0 aliphatic rings. The van der Waals surface area contributed by atoms with Gasteiger partial charge in [-0.05, 0) is 29.8 Å². The molecular weight excluding hydrogens is 236 g/mol. The van der Waals surface area contributed by atoms with Crippen molar-refractivity contribution in [1.82, 2.24) is 0 Å². The summed E-state index contributed by atoms with van der Waals surface area (Å²) in [6.07, 6.45) is 0. The Balaban J connectivity index is 2.02. The molecule has 1 unspecified atom stereocenters. The van der Waals surface area contributed by atoms with Crippen LogP contribution in [0.5, 0.6) is 5.75 Å². The smallest absolute Gasteiger partial charge is 0.119 e. The van der Waals surface area contributed by atoms with E-state index in [-0.39, 0.29) is 6.04 Å². The van der Waals surface area contributed by atoms with Crippen LogP contribution in [0.25, 0.3) is 0 Å². The van der Waals surface area contributed by atoms with Gasteiger partial charge in [0, 0.05) is 25.3 Å². The first-order chi connectivity index (χ1) is 9.20. The second-order valence-corrected chi connectivity index (χ2v) is 4.60. The third-order valence-corrected chi connectivity index (χ3v) is 3.21.